The minimum atomic E-state index is 0.689. The van der Waals surface area contributed by atoms with E-state index >= 15 is 0 Å². The summed E-state index contributed by atoms with van der Waals surface area (Å²) in [6, 6.07) is 0.689. The van der Waals surface area contributed by atoms with Crippen LogP contribution in [0.25, 0.3) is 0 Å². The fourth-order valence-corrected chi connectivity index (χ4v) is 1.95. The van der Waals surface area contributed by atoms with E-state index in [4.69, 9.17) is 0 Å². The van der Waals surface area contributed by atoms with Crippen LogP contribution in [0, 0.1) is 5.92 Å². The molecule has 0 aromatic rings. The lowest BCUT2D eigenvalue weighted by atomic mass is 10.0. The van der Waals surface area contributed by atoms with Crippen LogP contribution in [0.1, 0.15) is 47.0 Å². The molecule has 0 bridgehead atoms. The van der Waals surface area contributed by atoms with E-state index in [1.54, 1.807) is 0 Å². The molecule has 0 aliphatic carbocycles. The van der Waals surface area contributed by atoms with E-state index in [-0.39, 0.29) is 0 Å². The van der Waals surface area contributed by atoms with Gasteiger partial charge in [0.05, 0.1) is 0 Å². The van der Waals surface area contributed by atoms with E-state index in [9.17, 15) is 0 Å². The molecule has 0 spiro atoms. The van der Waals surface area contributed by atoms with Crippen LogP contribution in [-0.4, -0.2) is 29.4 Å². The van der Waals surface area contributed by atoms with Gasteiger partial charge in [0.25, 0.3) is 0 Å². The van der Waals surface area contributed by atoms with Gasteiger partial charge in [-0.25, -0.2) is 0 Å². The quantitative estimate of drug-likeness (QED) is 0.601. The Kier molecular flexibility index (Phi) is 9.00. The fourth-order valence-electron chi connectivity index (χ4n) is 1.70. The van der Waals surface area contributed by atoms with Gasteiger partial charge in [0.2, 0.25) is 0 Å². The van der Waals surface area contributed by atoms with E-state index in [0.717, 1.165) is 11.2 Å². The Balaban J connectivity index is 3.93. The van der Waals surface area contributed by atoms with Crippen molar-refractivity contribution in [2.45, 2.75) is 53.0 Å². The number of alkyl halides is 1. The van der Waals surface area contributed by atoms with E-state index in [1.807, 2.05) is 0 Å². The summed E-state index contributed by atoms with van der Waals surface area (Å²) in [5, 5.41) is 1.12. The number of halogens is 1. The molecule has 1 nitrogen and oxygen atoms in total. The molecule has 0 unspecified atom stereocenters. The van der Waals surface area contributed by atoms with Gasteiger partial charge in [0.1, 0.15) is 0 Å². The molecule has 0 rings (SSSR count). The van der Waals surface area contributed by atoms with E-state index in [2.05, 4.69) is 48.5 Å². The van der Waals surface area contributed by atoms with Crippen LogP contribution in [-0.2, 0) is 0 Å². The molecule has 14 heavy (non-hydrogen) atoms. The van der Waals surface area contributed by atoms with Crippen LogP contribution in [0.5, 0.6) is 0 Å². The Labute approximate surface area is 98.4 Å². The Bertz CT molecular complexity index is 121. The Morgan fingerprint density at radius 3 is 2.07 bits per heavy atom. The summed E-state index contributed by atoms with van der Waals surface area (Å²) < 4.78 is 0. The number of hydrogen-bond donors (Lipinski definition) is 0. The zero-order chi connectivity index (χ0) is 11.0. The van der Waals surface area contributed by atoms with Gasteiger partial charge in [-0.1, -0.05) is 42.6 Å². The lowest BCUT2D eigenvalue weighted by Gasteiger charge is -2.29. The molecule has 0 fully saturated rings. The lowest BCUT2D eigenvalue weighted by Crippen LogP contribution is -2.36. The van der Waals surface area contributed by atoms with E-state index < -0.39 is 0 Å². The van der Waals surface area contributed by atoms with Crippen molar-refractivity contribution in [2.24, 2.45) is 5.92 Å². The van der Waals surface area contributed by atoms with Gasteiger partial charge >= 0.3 is 0 Å². The molecule has 86 valence electrons. The summed E-state index contributed by atoms with van der Waals surface area (Å²) in [5.74, 6) is 0.882. The molecule has 2 heteroatoms. The molecular formula is C12H26BrN. The highest BCUT2D eigenvalue weighted by molar-refractivity contribution is 9.09. The van der Waals surface area contributed by atoms with Gasteiger partial charge in [0, 0.05) is 17.9 Å². The maximum absolute atomic E-state index is 3.50. The van der Waals surface area contributed by atoms with Crippen molar-refractivity contribution in [3.63, 3.8) is 0 Å². The maximum Gasteiger partial charge on any atom is 0.00434 e. The van der Waals surface area contributed by atoms with Crippen molar-refractivity contribution in [3.05, 3.63) is 0 Å². The predicted molar refractivity (Wildman–Crippen MR) is 69.2 cm³/mol. The highest BCUT2D eigenvalue weighted by Gasteiger charge is 2.13. The average molecular weight is 264 g/mol. The normalized spacial score (nSPS) is 12.0. The third kappa shape index (κ3) is 6.02. The van der Waals surface area contributed by atoms with Crippen molar-refractivity contribution in [2.75, 3.05) is 18.4 Å². The Hall–Kier alpha value is 0.440. The molecule has 0 aliphatic heterocycles. The first-order valence-corrected chi connectivity index (χ1v) is 7.07. The van der Waals surface area contributed by atoms with Crippen molar-refractivity contribution >= 4 is 15.9 Å². The second-order valence-corrected chi connectivity index (χ2v) is 5.11. The summed E-state index contributed by atoms with van der Waals surface area (Å²) in [5.41, 5.74) is 0. The zero-order valence-corrected chi connectivity index (χ0v) is 11.8. The van der Waals surface area contributed by atoms with Crippen molar-refractivity contribution < 1.29 is 0 Å². The summed E-state index contributed by atoms with van der Waals surface area (Å²) in [7, 11) is 0. The van der Waals surface area contributed by atoms with Crippen molar-refractivity contribution in [1.82, 2.24) is 4.90 Å². The molecule has 0 aliphatic rings. The molecule has 0 heterocycles. The van der Waals surface area contributed by atoms with Crippen molar-refractivity contribution in [3.8, 4) is 0 Å². The van der Waals surface area contributed by atoms with Crippen molar-refractivity contribution in [1.29, 1.82) is 0 Å². The third-order valence-electron chi connectivity index (χ3n) is 2.96. The van der Waals surface area contributed by atoms with Crippen LogP contribution in [0.3, 0.4) is 0 Å². The Morgan fingerprint density at radius 1 is 1.14 bits per heavy atom. The topological polar surface area (TPSA) is 3.24 Å². The van der Waals surface area contributed by atoms with Gasteiger partial charge in [0.15, 0.2) is 0 Å². The number of hydrogen-bond acceptors (Lipinski definition) is 1. The summed E-state index contributed by atoms with van der Waals surface area (Å²) in [6.07, 6.45) is 3.89. The zero-order valence-electron chi connectivity index (χ0n) is 10.2. The average Bonchev–Trinajstić information content (AvgIpc) is 2.18. The molecule has 0 atom stereocenters. The van der Waals surface area contributed by atoms with Gasteiger partial charge in [-0.2, -0.15) is 0 Å². The Morgan fingerprint density at radius 2 is 1.71 bits per heavy atom. The number of nitrogens with zero attached hydrogens (tertiary/aromatic N) is 1. The monoisotopic (exact) mass is 263 g/mol. The second-order valence-electron chi connectivity index (χ2n) is 4.31. The van der Waals surface area contributed by atoms with Gasteiger partial charge < -0.3 is 4.90 Å². The standard InChI is InChI=1S/C12H26BrN/c1-5-12(6-2)10-14(11(3)4)9-7-8-13/h11-12H,5-10H2,1-4H3. The highest BCUT2D eigenvalue weighted by atomic mass is 79.9. The summed E-state index contributed by atoms with van der Waals surface area (Å²) >= 11 is 3.50. The van der Waals surface area contributed by atoms with Crippen LogP contribution in [0.2, 0.25) is 0 Å². The second kappa shape index (κ2) is 8.72. The molecule has 0 amide bonds. The first-order chi connectivity index (χ1) is 6.65. The smallest absolute Gasteiger partial charge is 0.00434 e. The SMILES string of the molecule is CCC(CC)CN(CCCBr)C(C)C. The van der Waals surface area contributed by atoms with Crippen LogP contribution in [0.4, 0.5) is 0 Å². The lowest BCUT2D eigenvalue weighted by molar-refractivity contribution is 0.183. The van der Waals surface area contributed by atoms with Gasteiger partial charge in [-0.3, -0.25) is 0 Å². The molecule has 0 radical (unpaired) electrons. The fraction of sp³-hybridized carbons (Fsp3) is 1.00. The summed E-state index contributed by atoms with van der Waals surface area (Å²) in [6.45, 7) is 11.7. The van der Waals surface area contributed by atoms with E-state index in [0.29, 0.717) is 6.04 Å². The first-order valence-electron chi connectivity index (χ1n) is 5.95. The molecule has 0 saturated heterocycles. The molecule has 0 aromatic heterocycles. The van der Waals surface area contributed by atoms with Crippen LogP contribution >= 0.6 is 15.9 Å². The van der Waals surface area contributed by atoms with E-state index in [1.165, 1.54) is 32.4 Å². The van der Waals surface area contributed by atoms with Gasteiger partial charge in [-0.15, -0.1) is 0 Å². The predicted octanol–water partition coefficient (Wildman–Crippen LogP) is 3.92. The van der Waals surface area contributed by atoms with Gasteiger partial charge in [-0.05, 0) is 32.7 Å². The van der Waals surface area contributed by atoms with Crippen LogP contribution in [0.15, 0.2) is 0 Å². The largest absolute Gasteiger partial charge is 0.301 e. The first kappa shape index (κ1) is 14.4. The number of rotatable bonds is 8. The maximum atomic E-state index is 3.50. The minimum Gasteiger partial charge on any atom is -0.301 e. The molecule has 0 saturated carbocycles. The highest BCUT2D eigenvalue weighted by Crippen LogP contribution is 2.12. The third-order valence-corrected chi connectivity index (χ3v) is 3.52. The minimum absolute atomic E-state index is 0.689. The van der Waals surface area contributed by atoms with Crippen LogP contribution < -0.4 is 0 Å². The summed E-state index contributed by atoms with van der Waals surface area (Å²) in [4.78, 5) is 2.61. The molecule has 0 N–H and O–H groups in total. The molecular weight excluding hydrogens is 238 g/mol. The molecule has 0 aromatic carbocycles.